The minimum atomic E-state index is -0.331. The number of halogens is 1. The van der Waals surface area contributed by atoms with E-state index in [9.17, 15) is 4.79 Å². The average molecular weight is 211 g/mol. The molecule has 1 rings (SSSR count). The molecule has 1 aromatic carbocycles. The number of carbonyl (C=O) groups excluding carboxylic acids is 1. The lowest BCUT2D eigenvalue weighted by Gasteiger charge is -2.01. The van der Waals surface area contributed by atoms with E-state index in [4.69, 9.17) is 16.3 Å². The van der Waals surface area contributed by atoms with E-state index in [1.807, 2.05) is 12.1 Å². The van der Waals surface area contributed by atoms with Crippen molar-refractivity contribution in [3.8, 4) is 0 Å². The van der Waals surface area contributed by atoms with Crippen molar-refractivity contribution in [2.45, 2.75) is 13.5 Å². The maximum absolute atomic E-state index is 10.9. The number of benzene rings is 1. The second kappa shape index (κ2) is 5.45. The summed E-state index contributed by atoms with van der Waals surface area (Å²) in [5, 5.41) is 0.675. The van der Waals surface area contributed by atoms with Gasteiger partial charge in [0.15, 0.2) is 0 Å². The lowest BCUT2D eigenvalue weighted by molar-refractivity contribution is -0.139. The molecule has 1 aromatic rings. The van der Waals surface area contributed by atoms with Crippen LogP contribution in [0, 0.1) is 0 Å². The first-order valence-corrected chi connectivity index (χ1v) is 4.64. The van der Waals surface area contributed by atoms with Crippen LogP contribution in [0.5, 0.6) is 0 Å². The molecular weight excluding hydrogens is 200 g/mol. The third-order valence-corrected chi connectivity index (χ3v) is 1.85. The van der Waals surface area contributed by atoms with Crippen molar-refractivity contribution >= 4 is 17.6 Å². The Hall–Kier alpha value is -1.28. The molecule has 0 aliphatic rings. The standard InChI is InChI=1S/C11H11ClO2/c1-2-3-11(13)14-8-9-4-6-10(12)7-5-9/h2-7H,8H2,1H3/b3-2+. The van der Waals surface area contributed by atoms with Gasteiger partial charge in [0.25, 0.3) is 0 Å². The van der Waals surface area contributed by atoms with E-state index in [0.29, 0.717) is 5.02 Å². The molecule has 0 radical (unpaired) electrons. The van der Waals surface area contributed by atoms with Gasteiger partial charge in [-0.1, -0.05) is 29.8 Å². The van der Waals surface area contributed by atoms with Gasteiger partial charge in [-0.15, -0.1) is 0 Å². The molecular formula is C11H11ClO2. The van der Waals surface area contributed by atoms with Crippen LogP contribution in [-0.2, 0) is 16.1 Å². The summed E-state index contributed by atoms with van der Waals surface area (Å²) in [6, 6.07) is 7.18. The van der Waals surface area contributed by atoms with Gasteiger partial charge in [-0.05, 0) is 24.6 Å². The fraction of sp³-hybridized carbons (Fsp3) is 0.182. The minimum Gasteiger partial charge on any atom is -0.458 e. The normalized spacial score (nSPS) is 10.4. The number of ether oxygens (including phenoxy) is 1. The van der Waals surface area contributed by atoms with Crippen LogP contribution in [0.3, 0.4) is 0 Å². The Bertz CT molecular complexity index is 328. The summed E-state index contributed by atoms with van der Waals surface area (Å²) in [7, 11) is 0. The van der Waals surface area contributed by atoms with Crippen LogP contribution in [0.2, 0.25) is 5.02 Å². The summed E-state index contributed by atoms with van der Waals surface area (Å²) in [6.07, 6.45) is 3.03. The zero-order valence-corrected chi connectivity index (χ0v) is 8.62. The topological polar surface area (TPSA) is 26.3 Å². The van der Waals surface area contributed by atoms with E-state index in [1.165, 1.54) is 6.08 Å². The molecule has 0 saturated carbocycles. The van der Waals surface area contributed by atoms with Crippen LogP contribution in [0.4, 0.5) is 0 Å². The van der Waals surface area contributed by atoms with Gasteiger partial charge in [-0.25, -0.2) is 4.79 Å². The van der Waals surface area contributed by atoms with Gasteiger partial charge in [0.05, 0.1) is 0 Å². The zero-order valence-electron chi connectivity index (χ0n) is 7.87. The van der Waals surface area contributed by atoms with Crippen molar-refractivity contribution in [1.82, 2.24) is 0 Å². The van der Waals surface area contributed by atoms with E-state index < -0.39 is 0 Å². The van der Waals surface area contributed by atoms with Crippen LogP contribution in [0.25, 0.3) is 0 Å². The van der Waals surface area contributed by atoms with Gasteiger partial charge in [0, 0.05) is 11.1 Å². The molecule has 0 spiro atoms. The summed E-state index contributed by atoms with van der Waals surface area (Å²) in [6.45, 7) is 2.05. The Morgan fingerprint density at radius 2 is 2.07 bits per heavy atom. The number of hydrogen-bond donors (Lipinski definition) is 0. The predicted octanol–water partition coefficient (Wildman–Crippen LogP) is 2.96. The Balaban J connectivity index is 2.46. The number of hydrogen-bond acceptors (Lipinski definition) is 2. The molecule has 14 heavy (non-hydrogen) atoms. The van der Waals surface area contributed by atoms with E-state index in [2.05, 4.69) is 0 Å². The largest absolute Gasteiger partial charge is 0.458 e. The van der Waals surface area contributed by atoms with E-state index in [0.717, 1.165) is 5.56 Å². The van der Waals surface area contributed by atoms with Gasteiger partial charge in [-0.3, -0.25) is 0 Å². The van der Waals surface area contributed by atoms with Crippen molar-refractivity contribution in [1.29, 1.82) is 0 Å². The summed E-state index contributed by atoms with van der Waals surface area (Å²) < 4.78 is 4.94. The highest BCUT2D eigenvalue weighted by molar-refractivity contribution is 6.30. The summed E-state index contributed by atoms with van der Waals surface area (Å²) in [5.74, 6) is -0.331. The third-order valence-electron chi connectivity index (χ3n) is 1.60. The maximum Gasteiger partial charge on any atom is 0.330 e. The third kappa shape index (κ3) is 3.62. The van der Waals surface area contributed by atoms with Crippen molar-refractivity contribution in [2.24, 2.45) is 0 Å². The molecule has 0 unspecified atom stereocenters. The van der Waals surface area contributed by atoms with Crippen LogP contribution in [-0.4, -0.2) is 5.97 Å². The summed E-state index contributed by atoms with van der Waals surface area (Å²) >= 11 is 5.71. The molecule has 74 valence electrons. The van der Waals surface area contributed by atoms with Crippen molar-refractivity contribution in [2.75, 3.05) is 0 Å². The van der Waals surface area contributed by atoms with Crippen molar-refractivity contribution in [3.63, 3.8) is 0 Å². The number of allylic oxidation sites excluding steroid dienone is 1. The second-order valence-corrected chi connectivity index (χ2v) is 3.17. The predicted molar refractivity (Wildman–Crippen MR) is 56.1 cm³/mol. The maximum atomic E-state index is 10.9. The van der Waals surface area contributed by atoms with E-state index in [-0.39, 0.29) is 12.6 Å². The summed E-state index contributed by atoms with van der Waals surface area (Å²) in [5.41, 5.74) is 0.923. The molecule has 0 aromatic heterocycles. The highest BCUT2D eigenvalue weighted by Gasteiger charge is 1.97. The van der Waals surface area contributed by atoms with Crippen molar-refractivity contribution < 1.29 is 9.53 Å². The van der Waals surface area contributed by atoms with Gasteiger partial charge < -0.3 is 4.74 Å². The van der Waals surface area contributed by atoms with Crippen molar-refractivity contribution in [3.05, 3.63) is 47.0 Å². The Morgan fingerprint density at radius 3 is 2.64 bits per heavy atom. The van der Waals surface area contributed by atoms with Crippen LogP contribution in [0.15, 0.2) is 36.4 Å². The molecule has 3 heteroatoms. The van der Waals surface area contributed by atoms with Gasteiger partial charge in [0.2, 0.25) is 0 Å². The molecule has 0 saturated heterocycles. The fourth-order valence-electron chi connectivity index (χ4n) is 0.919. The lowest BCUT2D eigenvalue weighted by atomic mass is 10.2. The Morgan fingerprint density at radius 1 is 1.43 bits per heavy atom. The first kappa shape index (κ1) is 10.8. The Kier molecular flexibility index (Phi) is 4.20. The SMILES string of the molecule is C/C=C/C(=O)OCc1ccc(Cl)cc1. The summed E-state index contributed by atoms with van der Waals surface area (Å²) in [4.78, 5) is 10.9. The lowest BCUT2D eigenvalue weighted by Crippen LogP contribution is -2.00. The molecule has 0 bridgehead atoms. The second-order valence-electron chi connectivity index (χ2n) is 2.73. The van der Waals surface area contributed by atoms with Gasteiger partial charge in [-0.2, -0.15) is 0 Å². The van der Waals surface area contributed by atoms with Gasteiger partial charge >= 0.3 is 5.97 Å². The Labute approximate surface area is 88.1 Å². The first-order valence-electron chi connectivity index (χ1n) is 4.26. The molecule has 0 aliphatic heterocycles. The fourth-order valence-corrected chi connectivity index (χ4v) is 1.05. The molecule has 2 nitrogen and oxygen atoms in total. The number of carbonyl (C=O) groups is 1. The molecule has 0 amide bonds. The highest BCUT2D eigenvalue weighted by Crippen LogP contribution is 2.10. The molecule has 0 heterocycles. The molecule has 0 aliphatic carbocycles. The van der Waals surface area contributed by atoms with Gasteiger partial charge in [0.1, 0.15) is 6.61 Å². The quantitative estimate of drug-likeness (QED) is 0.567. The monoisotopic (exact) mass is 210 g/mol. The van der Waals surface area contributed by atoms with E-state index in [1.54, 1.807) is 25.1 Å². The molecule has 0 fully saturated rings. The minimum absolute atomic E-state index is 0.278. The zero-order chi connectivity index (χ0) is 10.4. The van der Waals surface area contributed by atoms with Crippen LogP contribution < -0.4 is 0 Å². The smallest absolute Gasteiger partial charge is 0.330 e. The number of rotatable bonds is 3. The van der Waals surface area contributed by atoms with E-state index >= 15 is 0 Å². The molecule has 0 N–H and O–H groups in total. The highest BCUT2D eigenvalue weighted by atomic mass is 35.5. The van der Waals surface area contributed by atoms with Crippen LogP contribution >= 0.6 is 11.6 Å². The molecule has 0 atom stereocenters. The number of esters is 1. The van der Waals surface area contributed by atoms with Crippen LogP contribution in [0.1, 0.15) is 12.5 Å². The first-order chi connectivity index (χ1) is 6.72. The average Bonchev–Trinajstić information content (AvgIpc) is 2.17.